The molecule has 0 bridgehead atoms. The normalized spacial score (nSPS) is 11.5. The van der Waals surface area contributed by atoms with Gasteiger partial charge in [-0.2, -0.15) is 0 Å². The topological polar surface area (TPSA) is 35.2 Å². The van der Waals surface area contributed by atoms with Crippen LogP contribution in [-0.2, 0) is 12.8 Å². The van der Waals surface area contributed by atoms with Crippen LogP contribution >= 0.6 is 0 Å². The van der Waals surface area contributed by atoms with Crippen LogP contribution in [0.1, 0.15) is 43.7 Å². The van der Waals surface area contributed by atoms with Crippen molar-refractivity contribution in [1.29, 1.82) is 0 Å². The Labute approximate surface area is 147 Å². The average Bonchev–Trinajstić information content (AvgIpc) is 2.57. The van der Waals surface area contributed by atoms with Crippen molar-refractivity contribution in [3.63, 3.8) is 0 Å². The maximum atomic E-state index is 5.92. The molecule has 0 aliphatic rings. The van der Waals surface area contributed by atoms with E-state index in [0.29, 0.717) is 0 Å². The molecule has 2 rings (SSSR count). The van der Waals surface area contributed by atoms with Gasteiger partial charge in [0.2, 0.25) is 0 Å². The summed E-state index contributed by atoms with van der Waals surface area (Å²) in [4.78, 5) is 0. The van der Waals surface area contributed by atoms with Crippen molar-refractivity contribution in [2.24, 2.45) is 5.73 Å². The first-order valence-corrected chi connectivity index (χ1v) is 8.93. The van der Waals surface area contributed by atoms with Crippen LogP contribution in [0.5, 0.6) is 5.75 Å². The summed E-state index contributed by atoms with van der Waals surface area (Å²) in [6.07, 6.45) is 6.51. The number of nitrogens with two attached hydrogens (primary N) is 1. The number of ether oxygens (including phenoxy) is 1. The van der Waals surface area contributed by atoms with Crippen molar-refractivity contribution in [3.8, 4) is 5.75 Å². The lowest BCUT2D eigenvalue weighted by Gasteiger charge is -2.17. The van der Waals surface area contributed by atoms with Crippen LogP contribution < -0.4 is 10.5 Å². The highest BCUT2D eigenvalue weighted by Crippen LogP contribution is 2.16. The first-order chi connectivity index (χ1) is 11.5. The number of hydrogen-bond donors (Lipinski definition) is 1. The van der Waals surface area contributed by atoms with Crippen LogP contribution in [0.15, 0.2) is 54.6 Å². The Morgan fingerprint density at radius 1 is 0.875 bits per heavy atom. The molecule has 0 aliphatic heterocycles. The van der Waals surface area contributed by atoms with Gasteiger partial charge in [0.05, 0.1) is 6.61 Å². The minimum atomic E-state index is -0.352. The van der Waals surface area contributed by atoms with Gasteiger partial charge in [0, 0.05) is 5.54 Å². The SMILES string of the molecule is [CH2][C@](C)(N)CCc1ccc(OCCCCCc2ccccc2)cc1. The fraction of sp³-hybridized carbons (Fsp3) is 0.409. The Kier molecular flexibility index (Phi) is 7.33. The third-order valence-corrected chi connectivity index (χ3v) is 4.13. The molecule has 0 spiro atoms. The molecule has 0 aromatic heterocycles. The molecule has 0 unspecified atom stereocenters. The summed E-state index contributed by atoms with van der Waals surface area (Å²) in [6, 6.07) is 19.0. The van der Waals surface area contributed by atoms with E-state index in [1.54, 1.807) is 0 Å². The molecule has 2 heteroatoms. The lowest BCUT2D eigenvalue weighted by Crippen LogP contribution is -2.32. The maximum Gasteiger partial charge on any atom is 0.119 e. The monoisotopic (exact) mass is 324 g/mol. The van der Waals surface area contributed by atoms with Gasteiger partial charge in [-0.05, 0) is 75.6 Å². The van der Waals surface area contributed by atoms with E-state index < -0.39 is 0 Å². The van der Waals surface area contributed by atoms with E-state index in [9.17, 15) is 0 Å². The summed E-state index contributed by atoms with van der Waals surface area (Å²) in [7, 11) is 0. The van der Waals surface area contributed by atoms with Crippen LogP contribution in [0.3, 0.4) is 0 Å². The van der Waals surface area contributed by atoms with E-state index >= 15 is 0 Å². The highest BCUT2D eigenvalue weighted by molar-refractivity contribution is 5.27. The molecule has 0 saturated heterocycles. The van der Waals surface area contributed by atoms with Crippen molar-refractivity contribution in [2.75, 3.05) is 6.61 Å². The number of unbranched alkanes of at least 4 members (excludes halogenated alkanes) is 2. The average molecular weight is 324 g/mol. The molecule has 2 aromatic rings. The van der Waals surface area contributed by atoms with Gasteiger partial charge in [0.15, 0.2) is 0 Å². The molecular weight excluding hydrogens is 294 g/mol. The fourth-order valence-electron chi connectivity index (χ4n) is 2.62. The van der Waals surface area contributed by atoms with Crippen molar-refractivity contribution < 1.29 is 4.74 Å². The first-order valence-electron chi connectivity index (χ1n) is 8.93. The van der Waals surface area contributed by atoms with Gasteiger partial charge in [0.1, 0.15) is 5.75 Å². The lowest BCUT2D eigenvalue weighted by atomic mass is 9.97. The van der Waals surface area contributed by atoms with Crippen LogP contribution in [0.4, 0.5) is 0 Å². The molecule has 1 radical (unpaired) electrons. The molecule has 0 fully saturated rings. The van der Waals surface area contributed by atoms with Crippen molar-refractivity contribution >= 4 is 0 Å². The van der Waals surface area contributed by atoms with Gasteiger partial charge in [-0.3, -0.25) is 0 Å². The summed E-state index contributed by atoms with van der Waals surface area (Å²) in [5.41, 5.74) is 8.27. The summed E-state index contributed by atoms with van der Waals surface area (Å²) < 4.78 is 5.82. The van der Waals surface area contributed by atoms with Crippen LogP contribution in [0.25, 0.3) is 0 Å². The zero-order valence-corrected chi connectivity index (χ0v) is 14.8. The molecule has 0 saturated carbocycles. The van der Waals surface area contributed by atoms with Gasteiger partial charge in [0.25, 0.3) is 0 Å². The van der Waals surface area contributed by atoms with Crippen molar-refractivity contribution in [1.82, 2.24) is 0 Å². The van der Waals surface area contributed by atoms with Crippen LogP contribution in [-0.4, -0.2) is 12.1 Å². The zero-order chi connectivity index (χ0) is 17.3. The van der Waals surface area contributed by atoms with Gasteiger partial charge < -0.3 is 10.5 Å². The largest absolute Gasteiger partial charge is 0.494 e. The molecule has 2 N–H and O–H groups in total. The third kappa shape index (κ3) is 7.65. The molecule has 2 nitrogen and oxygen atoms in total. The van der Waals surface area contributed by atoms with E-state index in [2.05, 4.69) is 61.5 Å². The van der Waals surface area contributed by atoms with Crippen LogP contribution in [0, 0.1) is 6.92 Å². The maximum absolute atomic E-state index is 5.92. The highest BCUT2D eigenvalue weighted by atomic mass is 16.5. The van der Waals surface area contributed by atoms with E-state index in [1.807, 2.05) is 6.92 Å². The molecule has 1 atom stereocenters. The number of hydrogen-bond acceptors (Lipinski definition) is 2. The Morgan fingerprint density at radius 2 is 1.54 bits per heavy atom. The fourth-order valence-corrected chi connectivity index (χ4v) is 2.62. The predicted octanol–water partition coefficient (Wildman–Crippen LogP) is 4.96. The van der Waals surface area contributed by atoms with Crippen molar-refractivity contribution in [3.05, 3.63) is 72.6 Å². The Hall–Kier alpha value is -1.80. The van der Waals surface area contributed by atoms with E-state index in [0.717, 1.165) is 38.0 Å². The first kappa shape index (κ1) is 18.5. The number of rotatable bonds is 10. The van der Waals surface area contributed by atoms with Gasteiger partial charge in [-0.25, -0.2) is 0 Å². The minimum Gasteiger partial charge on any atom is -0.494 e. The highest BCUT2D eigenvalue weighted by Gasteiger charge is 2.10. The second-order valence-corrected chi connectivity index (χ2v) is 6.94. The third-order valence-electron chi connectivity index (χ3n) is 4.13. The quantitative estimate of drug-likeness (QED) is 0.627. The summed E-state index contributed by atoms with van der Waals surface area (Å²) >= 11 is 0. The van der Waals surface area contributed by atoms with Crippen molar-refractivity contribution in [2.45, 2.75) is 51.0 Å². The van der Waals surface area contributed by atoms with Gasteiger partial charge in [-0.1, -0.05) is 42.5 Å². The van der Waals surface area contributed by atoms with Crippen LogP contribution in [0.2, 0.25) is 0 Å². The molecule has 0 aliphatic carbocycles. The Balaban J connectivity index is 1.59. The molecule has 2 aromatic carbocycles. The summed E-state index contributed by atoms with van der Waals surface area (Å²) in [6.45, 7) is 6.69. The molecule has 0 heterocycles. The molecule has 0 amide bonds. The number of aryl methyl sites for hydroxylation is 2. The van der Waals surface area contributed by atoms with Gasteiger partial charge in [-0.15, -0.1) is 0 Å². The van der Waals surface area contributed by atoms with E-state index in [1.165, 1.54) is 24.0 Å². The Morgan fingerprint density at radius 3 is 2.21 bits per heavy atom. The lowest BCUT2D eigenvalue weighted by molar-refractivity contribution is 0.305. The van der Waals surface area contributed by atoms with Gasteiger partial charge >= 0.3 is 0 Å². The minimum absolute atomic E-state index is 0.352. The van der Waals surface area contributed by atoms with E-state index in [4.69, 9.17) is 10.5 Å². The Bertz CT molecular complexity index is 569. The summed E-state index contributed by atoms with van der Waals surface area (Å²) in [5, 5.41) is 0. The van der Waals surface area contributed by atoms with E-state index in [-0.39, 0.29) is 5.54 Å². The smallest absolute Gasteiger partial charge is 0.119 e. The molecule has 129 valence electrons. The predicted molar refractivity (Wildman–Crippen MR) is 102 cm³/mol. The molecular formula is C22H30NO. The number of benzene rings is 2. The molecule has 24 heavy (non-hydrogen) atoms. The standard InChI is InChI=1S/C22H30NO/c1-22(2,23)17-16-20-12-14-21(15-13-20)24-18-8-4-7-11-19-9-5-3-6-10-19/h3,5-6,9-10,12-15H,1,4,7-8,11,16-18,23H2,2H3/t22-/m1/s1. The summed E-state index contributed by atoms with van der Waals surface area (Å²) in [5.74, 6) is 0.951. The second kappa shape index (κ2) is 9.48. The second-order valence-electron chi connectivity index (χ2n) is 6.94. The zero-order valence-electron chi connectivity index (χ0n) is 14.8.